The third-order valence-corrected chi connectivity index (χ3v) is 12.0. The van der Waals surface area contributed by atoms with Crippen LogP contribution in [0.25, 0.3) is 61.8 Å². The predicted octanol–water partition coefficient (Wildman–Crippen LogP) is 14.2. The normalized spacial score (nSPS) is 17.3. The Morgan fingerprint density at radius 1 is 0.534 bits per heavy atom. The molecule has 7 aromatic rings. The summed E-state index contributed by atoms with van der Waals surface area (Å²) >= 11 is 0. The maximum Gasteiger partial charge on any atom is 0.0580 e. The predicted molar refractivity (Wildman–Crippen MR) is 253 cm³/mol. The Morgan fingerprint density at radius 3 is 1.72 bits per heavy atom. The minimum absolute atomic E-state index is 0.409. The van der Waals surface area contributed by atoms with Gasteiger partial charge in [0.2, 0.25) is 0 Å². The van der Waals surface area contributed by atoms with Crippen LogP contribution < -0.4 is 4.90 Å². The Bertz CT molecular complexity index is 2930. The minimum atomic E-state index is 0.409. The zero-order valence-corrected chi connectivity index (χ0v) is 34.0. The largest absolute Gasteiger partial charge is 0.364 e. The molecule has 0 amide bonds. The number of likely N-dealkylation sites (N-methyl/N-ethyl adjacent to an activating group) is 1. The second-order valence-corrected chi connectivity index (χ2v) is 15.3. The van der Waals surface area contributed by atoms with Crippen molar-refractivity contribution in [3.05, 3.63) is 203 Å². The van der Waals surface area contributed by atoms with Crippen molar-refractivity contribution in [2.24, 2.45) is 0 Å². The molecular weight excluding hydrogens is 703 g/mol. The van der Waals surface area contributed by atoms with E-state index in [-0.39, 0.29) is 0 Å². The van der Waals surface area contributed by atoms with Gasteiger partial charge in [-0.3, -0.25) is 0 Å². The van der Waals surface area contributed by atoms with Gasteiger partial charge in [0.25, 0.3) is 0 Å². The van der Waals surface area contributed by atoms with E-state index >= 15 is 0 Å². The van der Waals surface area contributed by atoms with E-state index in [2.05, 4.69) is 230 Å². The third kappa shape index (κ3) is 6.81. The molecule has 3 heterocycles. The summed E-state index contributed by atoms with van der Waals surface area (Å²) < 4.78 is 4.81. The fourth-order valence-electron chi connectivity index (χ4n) is 9.25. The molecule has 3 heteroatoms. The molecule has 9 rings (SSSR count). The van der Waals surface area contributed by atoms with Crippen LogP contribution in [0.5, 0.6) is 0 Å². The molecule has 2 unspecified atom stereocenters. The smallest absolute Gasteiger partial charge is 0.0580 e. The van der Waals surface area contributed by atoms with Crippen LogP contribution in [0.1, 0.15) is 55.9 Å². The first-order chi connectivity index (χ1) is 28.6. The highest BCUT2D eigenvalue weighted by atomic mass is 15.2. The second-order valence-electron chi connectivity index (χ2n) is 15.3. The zero-order chi connectivity index (χ0) is 39.6. The third-order valence-electron chi connectivity index (χ3n) is 12.0. The number of aromatic nitrogens is 2. The molecule has 58 heavy (non-hydrogen) atoms. The molecule has 1 aliphatic carbocycles. The molecule has 0 saturated carbocycles. The quantitative estimate of drug-likeness (QED) is 0.120. The summed E-state index contributed by atoms with van der Waals surface area (Å²) in [5, 5.41) is 5.20. The van der Waals surface area contributed by atoms with Gasteiger partial charge in [-0.2, -0.15) is 0 Å². The Hall–Kier alpha value is -6.58. The number of aryl methyl sites for hydroxylation is 2. The van der Waals surface area contributed by atoms with Gasteiger partial charge in [-0.05, 0) is 116 Å². The first-order valence-corrected chi connectivity index (χ1v) is 20.9. The van der Waals surface area contributed by atoms with Gasteiger partial charge in [0.1, 0.15) is 0 Å². The van der Waals surface area contributed by atoms with Crippen molar-refractivity contribution in [2.75, 3.05) is 11.4 Å². The lowest BCUT2D eigenvalue weighted by molar-refractivity contribution is 0.688. The number of rotatable bonds is 11. The fraction of sp³-hybridized carbons (Fsp3) is 0.164. The Morgan fingerprint density at radius 2 is 1.10 bits per heavy atom. The number of para-hydroxylation sites is 2. The lowest BCUT2D eigenvalue weighted by Gasteiger charge is -2.27. The average Bonchev–Trinajstić information content (AvgIpc) is 3.89. The SMILES string of the molecule is C\C=C(\C=C\c1ccc2c(c1)c1ccccc1n2CC)/C=C(\C=C\C=C\c1ccc2c(c1)C1C=CC=CC1N2CC)/C=C/c1ccc2c(c1)c1ccccc1n2CC. The van der Waals surface area contributed by atoms with E-state index in [1.165, 1.54) is 71.6 Å². The van der Waals surface area contributed by atoms with E-state index in [9.17, 15) is 0 Å². The molecule has 1 aliphatic heterocycles. The Labute approximate surface area is 342 Å². The number of hydrogen-bond donors (Lipinski definition) is 0. The summed E-state index contributed by atoms with van der Waals surface area (Å²) in [6.45, 7) is 11.7. The zero-order valence-electron chi connectivity index (χ0n) is 34.0. The standard InChI is InChI=1S/C55H51N3/c1-5-39(25-26-42-30-33-54-48(37-42)45-20-12-15-23-51(45)57(54)7-3)35-40(27-28-43-31-34-55-49(38-43)46-21-13-16-24-52(46)58(55)8-4)17-9-10-18-41-29-32-53-47(36-41)44-19-11-14-22-50(44)56(53)6-2/h5,9-38,44,50H,6-8H2,1-4H3/b17-9+,18-10+,26-25+,28-27+,39-5-,40-35+. The second kappa shape index (κ2) is 16.1. The van der Waals surface area contributed by atoms with E-state index in [0.717, 1.165) is 30.8 Å². The summed E-state index contributed by atoms with van der Waals surface area (Å²) in [6.07, 6.45) is 31.3. The maximum atomic E-state index is 2.52. The molecule has 0 spiro atoms. The highest BCUT2D eigenvalue weighted by Gasteiger charge is 2.35. The van der Waals surface area contributed by atoms with Gasteiger partial charge in [0.15, 0.2) is 0 Å². The lowest BCUT2D eigenvalue weighted by atomic mass is 9.90. The first-order valence-electron chi connectivity index (χ1n) is 20.9. The summed E-state index contributed by atoms with van der Waals surface area (Å²) in [5.41, 5.74) is 13.8. The van der Waals surface area contributed by atoms with Gasteiger partial charge in [-0.15, -0.1) is 0 Å². The minimum Gasteiger partial charge on any atom is -0.364 e. The number of nitrogens with zero attached hydrogens (tertiary/aromatic N) is 3. The van der Waals surface area contributed by atoms with Crippen LogP contribution >= 0.6 is 0 Å². The van der Waals surface area contributed by atoms with Crippen LogP contribution in [0.2, 0.25) is 0 Å². The molecule has 0 saturated heterocycles. The molecule has 2 aromatic heterocycles. The van der Waals surface area contributed by atoms with Crippen molar-refractivity contribution < 1.29 is 0 Å². The van der Waals surface area contributed by atoms with Crippen LogP contribution in [0.4, 0.5) is 5.69 Å². The molecule has 0 N–H and O–H groups in total. The summed E-state index contributed by atoms with van der Waals surface area (Å²) in [7, 11) is 0. The lowest BCUT2D eigenvalue weighted by Crippen LogP contribution is -2.32. The number of allylic oxidation sites excluding steroid dienone is 11. The first kappa shape index (κ1) is 37.0. The highest BCUT2D eigenvalue weighted by molar-refractivity contribution is 6.09. The summed E-state index contributed by atoms with van der Waals surface area (Å²) in [5.74, 6) is 0.409. The summed E-state index contributed by atoms with van der Waals surface area (Å²) in [6, 6.07) is 38.5. The van der Waals surface area contributed by atoms with Gasteiger partial charge >= 0.3 is 0 Å². The summed E-state index contributed by atoms with van der Waals surface area (Å²) in [4.78, 5) is 2.52. The molecule has 2 aliphatic rings. The molecule has 0 fully saturated rings. The van der Waals surface area contributed by atoms with Crippen molar-refractivity contribution in [3.8, 4) is 0 Å². The van der Waals surface area contributed by atoms with Crippen LogP contribution in [-0.4, -0.2) is 21.7 Å². The van der Waals surface area contributed by atoms with Crippen molar-refractivity contribution in [1.82, 2.24) is 9.13 Å². The van der Waals surface area contributed by atoms with Crippen LogP contribution in [0, 0.1) is 0 Å². The van der Waals surface area contributed by atoms with Gasteiger partial charge < -0.3 is 14.0 Å². The average molecular weight is 754 g/mol. The topological polar surface area (TPSA) is 13.1 Å². The molecule has 5 aromatic carbocycles. The van der Waals surface area contributed by atoms with Crippen LogP contribution in [0.15, 0.2) is 181 Å². The molecule has 0 bridgehead atoms. The fourth-order valence-corrected chi connectivity index (χ4v) is 9.25. The molecule has 3 nitrogen and oxygen atoms in total. The van der Waals surface area contributed by atoms with Gasteiger partial charge in [-0.1, -0.05) is 134 Å². The molecular formula is C55H51N3. The van der Waals surface area contributed by atoms with E-state index in [1.54, 1.807) is 0 Å². The monoisotopic (exact) mass is 753 g/mol. The molecule has 0 radical (unpaired) electrons. The van der Waals surface area contributed by atoms with Crippen LogP contribution in [0.3, 0.4) is 0 Å². The highest BCUT2D eigenvalue weighted by Crippen LogP contribution is 2.44. The molecule has 286 valence electrons. The Kier molecular flexibility index (Phi) is 10.3. The number of benzene rings is 5. The van der Waals surface area contributed by atoms with Crippen molar-refractivity contribution in [2.45, 2.75) is 52.7 Å². The number of hydrogen-bond acceptors (Lipinski definition) is 1. The van der Waals surface area contributed by atoms with E-state index in [4.69, 9.17) is 0 Å². The van der Waals surface area contributed by atoms with Crippen molar-refractivity contribution >= 4 is 67.5 Å². The number of fused-ring (bicyclic) bond motifs is 9. The van der Waals surface area contributed by atoms with Gasteiger partial charge in [-0.25, -0.2) is 0 Å². The number of anilines is 1. The van der Waals surface area contributed by atoms with Crippen molar-refractivity contribution in [3.63, 3.8) is 0 Å². The Balaban J connectivity index is 1.03. The van der Waals surface area contributed by atoms with E-state index in [0.29, 0.717) is 12.0 Å². The van der Waals surface area contributed by atoms with E-state index in [1.807, 2.05) is 0 Å². The van der Waals surface area contributed by atoms with Gasteiger partial charge in [0.05, 0.1) is 6.04 Å². The maximum absolute atomic E-state index is 2.52. The van der Waals surface area contributed by atoms with E-state index < -0.39 is 0 Å². The molecule has 2 atom stereocenters. The van der Waals surface area contributed by atoms with Crippen LogP contribution in [-0.2, 0) is 13.1 Å². The van der Waals surface area contributed by atoms with Crippen molar-refractivity contribution in [1.29, 1.82) is 0 Å². The van der Waals surface area contributed by atoms with Gasteiger partial charge in [0, 0.05) is 74.9 Å².